The average molecular weight is 484 g/mol. The number of hydrogen-bond donors (Lipinski definition) is 2. The summed E-state index contributed by atoms with van der Waals surface area (Å²) in [5.74, 6) is 0.927. The van der Waals surface area contributed by atoms with E-state index in [-0.39, 0.29) is 40.4 Å². The third kappa shape index (κ3) is 4.93. The van der Waals surface area contributed by atoms with Crippen molar-refractivity contribution in [2.45, 2.75) is 61.8 Å². The lowest BCUT2D eigenvalue weighted by molar-refractivity contribution is -0.124. The molecule has 2 aromatic rings. The number of aliphatic imine (C=N–C) groups is 1. The summed E-state index contributed by atoms with van der Waals surface area (Å²) in [5, 5.41) is 3.07. The smallest absolute Gasteiger partial charge is 0.240 e. The van der Waals surface area contributed by atoms with Gasteiger partial charge in [-0.1, -0.05) is 24.3 Å². The lowest BCUT2D eigenvalue weighted by atomic mass is 9.79. The first-order valence-corrected chi connectivity index (χ1v) is 13.6. The molecular weight excluding hydrogens is 453 g/mol. The van der Waals surface area contributed by atoms with E-state index in [0.29, 0.717) is 13.0 Å². The van der Waals surface area contributed by atoms with Crippen LogP contribution in [0.1, 0.15) is 55.6 Å². The molecule has 1 saturated carbocycles. The zero-order valence-electron chi connectivity index (χ0n) is 19.0. The van der Waals surface area contributed by atoms with Crippen molar-refractivity contribution in [3.8, 4) is 0 Å². The molecule has 6 nitrogen and oxygen atoms in total. The molecule has 0 radical (unpaired) electrons. The summed E-state index contributed by atoms with van der Waals surface area (Å²) >= 11 is 0. The second kappa shape index (κ2) is 9.58. The van der Waals surface area contributed by atoms with E-state index < -0.39 is 10.0 Å². The number of nitrogens with zero attached hydrogens (tertiary/aromatic N) is 1. The average Bonchev–Trinajstić information content (AvgIpc) is 3.26. The predicted molar refractivity (Wildman–Crippen MR) is 129 cm³/mol. The third-order valence-electron chi connectivity index (χ3n) is 7.51. The Bertz CT molecular complexity index is 1190. The SMILES string of the molecule is O=C(NC1=N[C@H]2CCc3cc(F)ccc3[C@H]2C1)C1CCC(CNS(=O)(=O)c2ccccc2)CC1. The highest BCUT2D eigenvalue weighted by molar-refractivity contribution is 7.89. The van der Waals surface area contributed by atoms with Crippen molar-refractivity contribution in [1.29, 1.82) is 0 Å². The molecule has 0 spiro atoms. The molecule has 1 heterocycles. The van der Waals surface area contributed by atoms with Gasteiger partial charge in [-0.05, 0) is 79.8 Å². The number of amides is 1. The van der Waals surface area contributed by atoms with Gasteiger partial charge in [0, 0.05) is 24.8 Å². The Morgan fingerprint density at radius 1 is 1.03 bits per heavy atom. The van der Waals surface area contributed by atoms with Crippen LogP contribution < -0.4 is 10.0 Å². The summed E-state index contributed by atoms with van der Waals surface area (Å²) < 4.78 is 41.2. The first kappa shape index (κ1) is 23.2. The topological polar surface area (TPSA) is 87.6 Å². The minimum Gasteiger partial charge on any atom is -0.314 e. The maximum absolute atomic E-state index is 13.6. The molecule has 2 atom stereocenters. The number of benzene rings is 2. The van der Waals surface area contributed by atoms with Gasteiger partial charge in [-0.15, -0.1) is 0 Å². The second-order valence-electron chi connectivity index (χ2n) is 9.71. The zero-order valence-corrected chi connectivity index (χ0v) is 19.9. The van der Waals surface area contributed by atoms with Crippen LogP contribution in [0.5, 0.6) is 0 Å². The summed E-state index contributed by atoms with van der Waals surface area (Å²) in [6.07, 6.45) is 5.49. The number of carbonyl (C=O) groups is 1. The lowest BCUT2D eigenvalue weighted by Gasteiger charge is -2.28. The van der Waals surface area contributed by atoms with Crippen LogP contribution in [0.3, 0.4) is 0 Å². The number of fused-ring (bicyclic) bond motifs is 3. The molecule has 180 valence electrons. The molecule has 2 N–H and O–H groups in total. The second-order valence-corrected chi connectivity index (χ2v) is 11.5. The number of nitrogens with one attached hydrogen (secondary N) is 2. The van der Waals surface area contributed by atoms with Gasteiger partial charge in [0.25, 0.3) is 0 Å². The maximum Gasteiger partial charge on any atom is 0.240 e. The van der Waals surface area contributed by atoms with Gasteiger partial charge in [-0.2, -0.15) is 0 Å². The molecular formula is C26H30FN3O3S. The van der Waals surface area contributed by atoms with Crippen LogP contribution in [0.15, 0.2) is 58.4 Å². The molecule has 0 saturated heterocycles. The first-order chi connectivity index (χ1) is 16.4. The quantitative estimate of drug-likeness (QED) is 0.676. The van der Waals surface area contributed by atoms with Crippen LogP contribution in [0.25, 0.3) is 0 Å². The van der Waals surface area contributed by atoms with Gasteiger partial charge in [-0.25, -0.2) is 17.5 Å². The normalized spacial score (nSPS) is 26.3. The monoisotopic (exact) mass is 483 g/mol. The van der Waals surface area contributed by atoms with Crippen LogP contribution >= 0.6 is 0 Å². The highest BCUT2D eigenvalue weighted by Gasteiger charge is 2.36. The van der Waals surface area contributed by atoms with E-state index in [1.165, 1.54) is 6.07 Å². The first-order valence-electron chi connectivity index (χ1n) is 12.1. The Morgan fingerprint density at radius 3 is 2.56 bits per heavy atom. The number of amidine groups is 1. The molecule has 2 aliphatic carbocycles. The summed E-state index contributed by atoms with van der Waals surface area (Å²) in [6.45, 7) is 0.391. The standard InChI is InChI=1S/C26H30FN3O3S/c27-20-11-12-22-19(14-20)10-13-24-23(22)15-25(29-24)30-26(31)18-8-6-17(7-9-18)16-28-34(32,33)21-4-2-1-3-5-21/h1-5,11-12,14,17-18,23-24,28H,6-10,13,15-16H2,(H,29,30,31)/t17?,18?,23-,24+/m1/s1. The molecule has 0 unspecified atom stereocenters. The summed E-state index contributed by atoms with van der Waals surface area (Å²) in [4.78, 5) is 18.0. The van der Waals surface area contributed by atoms with Crippen molar-refractivity contribution in [3.63, 3.8) is 0 Å². The number of sulfonamides is 1. The van der Waals surface area contributed by atoms with Gasteiger partial charge in [0.2, 0.25) is 15.9 Å². The molecule has 0 aromatic heterocycles. The van der Waals surface area contributed by atoms with Crippen molar-refractivity contribution in [2.24, 2.45) is 16.8 Å². The van der Waals surface area contributed by atoms with E-state index in [1.807, 2.05) is 6.07 Å². The van der Waals surface area contributed by atoms with E-state index >= 15 is 0 Å². The molecule has 3 aliphatic rings. The fraction of sp³-hybridized carbons (Fsp3) is 0.462. The third-order valence-corrected chi connectivity index (χ3v) is 8.95. The van der Waals surface area contributed by atoms with Crippen LogP contribution in [-0.4, -0.2) is 32.7 Å². The molecule has 0 bridgehead atoms. The van der Waals surface area contributed by atoms with Gasteiger partial charge in [0.15, 0.2) is 0 Å². The molecule has 1 fully saturated rings. The number of halogens is 1. The molecule has 2 aromatic carbocycles. The maximum atomic E-state index is 13.6. The lowest BCUT2D eigenvalue weighted by Crippen LogP contribution is -2.38. The fourth-order valence-corrected chi connectivity index (χ4v) is 6.73. The van der Waals surface area contributed by atoms with E-state index in [9.17, 15) is 17.6 Å². The summed E-state index contributed by atoms with van der Waals surface area (Å²) in [5.41, 5.74) is 2.22. The highest BCUT2D eigenvalue weighted by atomic mass is 32.2. The van der Waals surface area contributed by atoms with Crippen LogP contribution in [-0.2, 0) is 21.2 Å². The zero-order chi connectivity index (χ0) is 23.7. The summed E-state index contributed by atoms with van der Waals surface area (Å²) in [6, 6.07) is 13.5. The van der Waals surface area contributed by atoms with E-state index in [2.05, 4.69) is 10.0 Å². The number of hydrogen-bond acceptors (Lipinski definition) is 4. The molecule has 5 rings (SSSR count). The number of rotatable bonds is 5. The van der Waals surface area contributed by atoms with E-state index in [4.69, 9.17) is 4.99 Å². The van der Waals surface area contributed by atoms with Crippen molar-refractivity contribution in [3.05, 3.63) is 65.5 Å². The van der Waals surface area contributed by atoms with Gasteiger partial charge in [-0.3, -0.25) is 9.79 Å². The minimum absolute atomic E-state index is 0.0139. The molecule has 1 aliphatic heterocycles. The van der Waals surface area contributed by atoms with Crippen LogP contribution in [0, 0.1) is 17.7 Å². The Hall–Kier alpha value is -2.58. The van der Waals surface area contributed by atoms with Gasteiger partial charge in [0.05, 0.1) is 10.9 Å². The Balaban J connectivity index is 1.11. The van der Waals surface area contributed by atoms with E-state index in [1.54, 1.807) is 36.4 Å². The Morgan fingerprint density at radius 2 is 1.79 bits per heavy atom. The van der Waals surface area contributed by atoms with Gasteiger partial charge >= 0.3 is 0 Å². The van der Waals surface area contributed by atoms with E-state index in [0.717, 1.165) is 55.5 Å². The number of aryl methyl sites for hydroxylation is 1. The molecule has 34 heavy (non-hydrogen) atoms. The van der Waals surface area contributed by atoms with Crippen LogP contribution in [0.4, 0.5) is 4.39 Å². The van der Waals surface area contributed by atoms with Crippen molar-refractivity contribution in [1.82, 2.24) is 10.0 Å². The van der Waals surface area contributed by atoms with Crippen molar-refractivity contribution in [2.75, 3.05) is 6.54 Å². The Kier molecular flexibility index (Phi) is 6.53. The summed E-state index contributed by atoms with van der Waals surface area (Å²) in [7, 11) is -3.51. The van der Waals surface area contributed by atoms with Gasteiger partial charge in [0.1, 0.15) is 11.7 Å². The Labute approximate surface area is 200 Å². The largest absolute Gasteiger partial charge is 0.314 e. The highest BCUT2D eigenvalue weighted by Crippen LogP contribution is 2.40. The van der Waals surface area contributed by atoms with Crippen molar-refractivity contribution < 1.29 is 17.6 Å². The minimum atomic E-state index is -3.51. The van der Waals surface area contributed by atoms with Crippen molar-refractivity contribution >= 4 is 21.8 Å². The molecule has 8 heteroatoms. The molecule has 1 amide bonds. The predicted octanol–water partition coefficient (Wildman–Crippen LogP) is 3.93. The van der Waals surface area contributed by atoms with Crippen LogP contribution in [0.2, 0.25) is 0 Å². The fourth-order valence-electron chi connectivity index (χ4n) is 5.59. The van der Waals surface area contributed by atoms with Gasteiger partial charge < -0.3 is 5.32 Å². The number of carbonyl (C=O) groups excluding carboxylic acids is 1.